The van der Waals surface area contributed by atoms with Crippen LogP contribution in [0.3, 0.4) is 0 Å². The maximum atomic E-state index is 10.6. The van der Waals surface area contributed by atoms with Crippen molar-refractivity contribution in [3.05, 3.63) is 63.1 Å². The number of nitro groups is 1. The van der Waals surface area contributed by atoms with Crippen LogP contribution < -0.4 is 5.32 Å². The van der Waals surface area contributed by atoms with Gasteiger partial charge in [-0.05, 0) is 34.1 Å². The van der Waals surface area contributed by atoms with Crippen molar-refractivity contribution in [3.8, 4) is 0 Å². The second-order valence-corrected chi connectivity index (χ2v) is 6.03. The lowest BCUT2D eigenvalue weighted by molar-refractivity contribution is -0.384. The molecule has 0 amide bonds. The third kappa shape index (κ3) is 4.25. The first-order valence-corrected chi connectivity index (χ1v) is 7.80. The minimum atomic E-state index is -0.403. The highest BCUT2D eigenvalue weighted by Gasteiger charge is 2.08. The molecule has 2 rings (SSSR count). The topological polar surface area (TPSA) is 55.2 Å². The van der Waals surface area contributed by atoms with Gasteiger partial charge in [0, 0.05) is 39.5 Å². The normalized spacial score (nSPS) is 10.2. The molecule has 0 aliphatic heterocycles. The number of non-ortho nitro benzene ring substituents is 1. The Morgan fingerprint density at radius 2 is 1.95 bits per heavy atom. The van der Waals surface area contributed by atoms with Crippen LogP contribution in [0, 0.1) is 10.1 Å². The zero-order valence-electron chi connectivity index (χ0n) is 10.6. The maximum absolute atomic E-state index is 10.6. The number of nitrogens with one attached hydrogen (secondary N) is 1. The van der Waals surface area contributed by atoms with Gasteiger partial charge in [0.25, 0.3) is 5.69 Å². The lowest BCUT2D eigenvalue weighted by atomic mass is 10.3. The SMILES string of the molecule is O=[N+]([O-])c1ccc(NCCSc2ccccc2)c(Br)c1. The first-order chi connectivity index (χ1) is 9.66. The van der Waals surface area contributed by atoms with Gasteiger partial charge in [-0.3, -0.25) is 10.1 Å². The van der Waals surface area contributed by atoms with Gasteiger partial charge in [-0.25, -0.2) is 0 Å². The van der Waals surface area contributed by atoms with Crippen LogP contribution in [0.25, 0.3) is 0 Å². The highest BCUT2D eigenvalue weighted by Crippen LogP contribution is 2.27. The Hall–Kier alpha value is -1.53. The summed E-state index contributed by atoms with van der Waals surface area (Å²) in [5.74, 6) is 0.924. The fraction of sp³-hybridized carbons (Fsp3) is 0.143. The summed E-state index contributed by atoms with van der Waals surface area (Å²) in [6.07, 6.45) is 0. The first-order valence-electron chi connectivity index (χ1n) is 6.02. The first kappa shape index (κ1) is 14.9. The van der Waals surface area contributed by atoms with E-state index < -0.39 is 4.92 Å². The van der Waals surface area contributed by atoms with Crippen molar-refractivity contribution in [2.45, 2.75) is 4.90 Å². The molecule has 0 bridgehead atoms. The van der Waals surface area contributed by atoms with E-state index in [4.69, 9.17) is 0 Å². The third-order valence-electron chi connectivity index (χ3n) is 2.59. The van der Waals surface area contributed by atoms with E-state index >= 15 is 0 Å². The standard InChI is InChI=1S/C14H13BrN2O2S/c15-13-10-11(17(18)19)6-7-14(13)16-8-9-20-12-4-2-1-3-5-12/h1-7,10,16H,8-9H2. The van der Waals surface area contributed by atoms with Gasteiger partial charge >= 0.3 is 0 Å². The van der Waals surface area contributed by atoms with Crippen molar-refractivity contribution in [2.75, 3.05) is 17.6 Å². The quantitative estimate of drug-likeness (QED) is 0.358. The van der Waals surface area contributed by atoms with E-state index in [0.717, 1.165) is 18.0 Å². The van der Waals surface area contributed by atoms with Crippen LogP contribution in [-0.2, 0) is 0 Å². The van der Waals surface area contributed by atoms with E-state index in [1.54, 1.807) is 17.8 Å². The van der Waals surface area contributed by atoms with Gasteiger partial charge in [-0.15, -0.1) is 11.8 Å². The lowest BCUT2D eigenvalue weighted by Crippen LogP contribution is -2.04. The van der Waals surface area contributed by atoms with Crippen LogP contribution in [0.4, 0.5) is 11.4 Å². The fourth-order valence-corrected chi connectivity index (χ4v) is 2.93. The van der Waals surface area contributed by atoms with Crippen LogP contribution in [0.2, 0.25) is 0 Å². The zero-order valence-corrected chi connectivity index (χ0v) is 13.0. The number of nitrogens with zero attached hydrogens (tertiary/aromatic N) is 1. The lowest BCUT2D eigenvalue weighted by Gasteiger charge is -2.08. The molecule has 20 heavy (non-hydrogen) atoms. The molecule has 6 heteroatoms. The van der Waals surface area contributed by atoms with Crippen LogP contribution in [0.5, 0.6) is 0 Å². The molecule has 4 nitrogen and oxygen atoms in total. The number of rotatable bonds is 6. The van der Waals surface area contributed by atoms with Crippen molar-refractivity contribution < 1.29 is 4.92 Å². The number of anilines is 1. The summed E-state index contributed by atoms with van der Waals surface area (Å²) in [4.78, 5) is 11.5. The van der Waals surface area contributed by atoms with Gasteiger partial charge in [-0.2, -0.15) is 0 Å². The van der Waals surface area contributed by atoms with Gasteiger partial charge < -0.3 is 5.32 Å². The molecule has 0 heterocycles. The molecule has 0 fully saturated rings. The minimum absolute atomic E-state index is 0.0843. The largest absolute Gasteiger partial charge is 0.383 e. The van der Waals surface area contributed by atoms with Crippen LogP contribution in [-0.4, -0.2) is 17.2 Å². The summed E-state index contributed by atoms with van der Waals surface area (Å²) >= 11 is 5.11. The molecule has 0 saturated carbocycles. The molecular weight excluding hydrogens is 340 g/mol. The van der Waals surface area contributed by atoms with E-state index in [2.05, 4.69) is 33.4 Å². The van der Waals surface area contributed by atoms with Crippen molar-refractivity contribution in [3.63, 3.8) is 0 Å². The molecule has 0 unspecified atom stereocenters. The maximum Gasteiger partial charge on any atom is 0.270 e. The Kier molecular flexibility index (Phi) is 5.43. The van der Waals surface area contributed by atoms with Crippen LogP contribution in [0.1, 0.15) is 0 Å². The average molecular weight is 353 g/mol. The fourth-order valence-electron chi connectivity index (χ4n) is 1.63. The Morgan fingerprint density at radius 1 is 1.20 bits per heavy atom. The van der Waals surface area contributed by atoms with Crippen molar-refractivity contribution >= 4 is 39.1 Å². The van der Waals surface area contributed by atoms with E-state index in [-0.39, 0.29) is 5.69 Å². The number of nitro benzene ring substituents is 1. The summed E-state index contributed by atoms with van der Waals surface area (Å²) in [5.41, 5.74) is 0.949. The van der Waals surface area contributed by atoms with Crippen molar-refractivity contribution in [2.24, 2.45) is 0 Å². The summed E-state index contributed by atoms with van der Waals surface area (Å²) in [5, 5.41) is 13.9. The van der Waals surface area contributed by atoms with Crippen LogP contribution in [0.15, 0.2) is 57.9 Å². The summed E-state index contributed by atoms with van der Waals surface area (Å²) < 4.78 is 0.705. The zero-order chi connectivity index (χ0) is 14.4. The van der Waals surface area contributed by atoms with Gasteiger partial charge in [0.15, 0.2) is 0 Å². The number of thioether (sulfide) groups is 1. The van der Waals surface area contributed by atoms with Gasteiger partial charge in [0.05, 0.1) is 4.92 Å². The molecule has 0 aliphatic carbocycles. The van der Waals surface area contributed by atoms with E-state index in [1.807, 2.05) is 18.2 Å². The molecule has 0 saturated heterocycles. The average Bonchev–Trinajstić information content (AvgIpc) is 2.46. The summed E-state index contributed by atoms with van der Waals surface area (Å²) in [6, 6.07) is 14.9. The second kappa shape index (κ2) is 7.31. The highest BCUT2D eigenvalue weighted by molar-refractivity contribution is 9.10. The minimum Gasteiger partial charge on any atom is -0.383 e. The number of hydrogen-bond acceptors (Lipinski definition) is 4. The molecule has 0 aromatic heterocycles. The van der Waals surface area contributed by atoms with Gasteiger partial charge in [-0.1, -0.05) is 18.2 Å². The van der Waals surface area contributed by atoms with Crippen LogP contribution >= 0.6 is 27.7 Å². The molecule has 0 atom stereocenters. The Morgan fingerprint density at radius 3 is 2.60 bits per heavy atom. The molecule has 2 aromatic rings. The Balaban J connectivity index is 1.84. The van der Waals surface area contributed by atoms with Crippen molar-refractivity contribution in [1.82, 2.24) is 0 Å². The summed E-state index contributed by atoms with van der Waals surface area (Å²) in [6.45, 7) is 0.788. The molecule has 1 N–H and O–H groups in total. The Labute approximate surface area is 129 Å². The summed E-state index contributed by atoms with van der Waals surface area (Å²) in [7, 11) is 0. The molecule has 0 spiro atoms. The highest BCUT2D eigenvalue weighted by atomic mass is 79.9. The van der Waals surface area contributed by atoms with Gasteiger partial charge in [0.1, 0.15) is 0 Å². The van der Waals surface area contributed by atoms with Crippen molar-refractivity contribution in [1.29, 1.82) is 0 Å². The number of halogens is 1. The molecule has 0 aliphatic rings. The predicted molar refractivity (Wildman–Crippen MR) is 86.5 cm³/mol. The number of benzene rings is 2. The van der Waals surface area contributed by atoms with Gasteiger partial charge in [0.2, 0.25) is 0 Å². The molecule has 104 valence electrons. The monoisotopic (exact) mass is 352 g/mol. The molecular formula is C14H13BrN2O2S. The second-order valence-electron chi connectivity index (χ2n) is 4.01. The molecule has 0 radical (unpaired) electrons. The Bertz CT molecular complexity index is 593. The predicted octanol–water partition coefficient (Wildman–Crippen LogP) is 4.56. The van der Waals surface area contributed by atoms with E-state index in [9.17, 15) is 10.1 Å². The van der Waals surface area contributed by atoms with E-state index in [0.29, 0.717) is 4.47 Å². The smallest absolute Gasteiger partial charge is 0.270 e. The molecule has 2 aromatic carbocycles. The third-order valence-corrected chi connectivity index (χ3v) is 4.26. The van der Waals surface area contributed by atoms with E-state index in [1.165, 1.54) is 17.0 Å². The number of hydrogen-bond donors (Lipinski definition) is 1.